The number of hydrogen-bond acceptors (Lipinski definition) is 4. The van der Waals surface area contributed by atoms with E-state index in [0.717, 1.165) is 5.69 Å². The van der Waals surface area contributed by atoms with Crippen LogP contribution in [0.5, 0.6) is 0 Å². The molecule has 0 aliphatic rings. The van der Waals surface area contributed by atoms with Crippen molar-refractivity contribution in [1.82, 2.24) is 9.97 Å². The Hall–Kier alpha value is -2.50. The molecular weight excluding hydrogens is 258 g/mol. The van der Waals surface area contributed by atoms with Crippen molar-refractivity contribution >= 4 is 5.69 Å². The Kier molecular flexibility index (Phi) is 3.93. The molecule has 0 spiro atoms. The second-order valence-corrected chi connectivity index (χ2v) is 4.99. The molecule has 0 radical (unpaired) electrons. The van der Waals surface area contributed by atoms with Gasteiger partial charge in [-0.05, 0) is 24.5 Å². The molecule has 0 fully saturated rings. The zero-order valence-electron chi connectivity index (χ0n) is 11.3. The molecule has 0 aliphatic heterocycles. The zero-order valence-corrected chi connectivity index (χ0v) is 11.3. The van der Waals surface area contributed by atoms with Crippen LogP contribution in [0, 0.1) is 16.0 Å². The molecule has 6 nitrogen and oxygen atoms in total. The van der Waals surface area contributed by atoms with Crippen molar-refractivity contribution < 1.29 is 4.92 Å². The van der Waals surface area contributed by atoms with Gasteiger partial charge in [0.25, 0.3) is 11.2 Å². The highest BCUT2D eigenvalue weighted by Crippen LogP contribution is 2.19. The highest BCUT2D eigenvalue weighted by molar-refractivity contribution is 5.57. The van der Waals surface area contributed by atoms with Crippen molar-refractivity contribution in [1.29, 1.82) is 0 Å². The first-order valence-electron chi connectivity index (χ1n) is 6.31. The van der Waals surface area contributed by atoms with Crippen LogP contribution in [0.2, 0.25) is 0 Å². The summed E-state index contributed by atoms with van der Waals surface area (Å²) in [5.74, 6) is 0.831. The van der Waals surface area contributed by atoms with Gasteiger partial charge < -0.3 is 4.98 Å². The average Bonchev–Trinajstić information content (AvgIpc) is 2.37. The third-order valence-corrected chi connectivity index (χ3v) is 2.76. The molecule has 1 N–H and O–H groups in total. The second kappa shape index (κ2) is 5.64. The van der Waals surface area contributed by atoms with Gasteiger partial charge in [-0.1, -0.05) is 13.8 Å². The van der Waals surface area contributed by atoms with Crippen LogP contribution in [-0.4, -0.2) is 14.9 Å². The molecule has 2 aromatic rings. The Balaban J connectivity index is 2.39. The molecule has 0 aliphatic carbocycles. The fraction of sp³-hybridized carbons (Fsp3) is 0.286. The van der Waals surface area contributed by atoms with E-state index in [9.17, 15) is 14.9 Å². The number of H-pyrrole nitrogens is 1. The first-order valence-corrected chi connectivity index (χ1v) is 6.31. The number of aromatic nitrogens is 2. The Morgan fingerprint density at radius 2 is 1.95 bits per heavy atom. The van der Waals surface area contributed by atoms with Crippen molar-refractivity contribution in [3.63, 3.8) is 0 Å². The number of non-ortho nitro benzene ring substituents is 1. The zero-order chi connectivity index (χ0) is 14.7. The molecule has 1 aromatic heterocycles. The summed E-state index contributed by atoms with van der Waals surface area (Å²) in [6, 6.07) is 7.43. The molecule has 0 bridgehead atoms. The third kappa shape index (κ3) is 3.28. The van der Waals surface area contributed by atoms with Crippen molar-refractivity contribution in [2.75, 3.05) is 0 Å². The summed E-state index contributed by atoms with van der Waals surface area (Å²) < 4.78 is 0. The van der Waals surface area contributed by atoms with Crippen molar-refractivity contribution in [2.45, 2.75) is 20.3 Å². The van der Waals surface area contributed by atoms with E-state index in [1.165, 1.54) is 18.2 Å². The van der Waals surface area contributed by atoms with Crippen LogP contribution >= 0.6 is 0 Å². The van der Waals surface area contributed by atoms with E-state index < -0.39 is 4.92 Å². The molecular formula is C14H15N3O3. The molecule has 0 amide bonds. The summed E-state index contributed by atoms with van der Waals surface area (Å²) >= 11 is 0. The number of nitrogens with one attached hydrogen (secondary N) is 1. The molecule has 0 saturated heterocycles. The minimum absolute atomic E-state index is 0.00873. The quantitative estimate of drug-likeness (QED) is 0.684. The average molecular weight is 273 g/mol. The highest BCUT2D eigenvalue weighted by atomic mass is 16.6. The van der Waals surface area contributed by atoms with Gasteiger partial charge in [-0.3, -0.25) is 14.9 Å². The van der Waals surface area contributed by atoms with Crippen LogP contribution < -0.4 is 5.56 Å². The summed E-state index contributed by atoms with van der Waals surface area (Å²) in [6.07, 6.45) is 0.712. The van der Waals surface area contributed by atoms with Crippen molar-refractivity contribution in [2.24, 2.45) is 5.92 Å². The largest absolute Gasteiger partial charge is 0.307 e. The van der Waals surface area contributed by atoms with Gasteiger partial charge in [-0.15, -0.1) is 0 Å². The van der Waals surface area contributed by atoms with Gasteiger partial charge in [0.15, 0.2) is 0 Å². The van der Waals surface area contributed by atoms with Crippen LogP contribution in [0.25, 0.3) is 11.4 Å². The first-order chi connectivity index (χ1) is 9.45. The number of hydrogen-bond donors (Lipinski definition) is 1. The van der Waals surface area contributed by atoms with Crippen molar-refractivity contribution in [3.05, 3.63) is 56.5 Å². The van der Waals surface area contributed by atoms with Crippen LogP contribution in [0.1, 0.15) is 19.5 Å². The molecule has 2 rings (SSSR count). The minimum atomic E-state index is -0.463. The predicted molar refractivity (Wildman–Crippen MR) is 75.5 cm³/mol. The summed E-state index contributed by atoms with van der Waals surface area (Å²) in [5, 5.41) is 10.6. The van der Waals surface area contributed by atoms with E-state index in [2.05, 4.69) is 23.8 Å². The maximum Gasteiger partial charge on any atom is 0.269 e. The van der Waals surface area contributed by atoms with Gasteiger partial charge in [0.05, 0.1) is 4.92 Å². The predicted octanol–water partition coefficient (Wildman–Crippen LogP) is 2.54. The van der Waals surface area contributed by atoms with Gasteiger partial charge in [0.2, 0.25) is 0 Å². The van der Waals surface area contributed by atoms with Crippen molar-refractivity contribution in [3.8, 4) is 11.4 Å². The number of aromatic amines is 1. The van der Waals surface area contributed by atoms with E-state index in [-0.39, 0.29) is 11.2 Å². The van der Waals surface area contributed by atoms with E-state index in [0.29, 0.717) is 23.7 Å². The topological polar surface area (TPSA) is 88.9 Å². The molecule has 0 unspecified atom stereocenters. The lowest BCUT2D eigenvalue weighted by molar-refractivity contribution is -0.384. The Labute approximate surface area is 115 Å². The van der Waals surface area contributed by atoms with Gasteiger partial charge in [0, 0.05) is 29.5 Å². The van der Waals surface area contributed by atoms with Crippen LogP contribution in [0.15, 0.2) is 35.1 Å². The van der Waals surface area contributed by atoms with E-state index in [1.54, 1.807) is 12.1 Å². The normalized spacial score (nSPS) is 10.8. The van der Waals surface area contributed by atoms with E-state index in [1.807, 2.05) is 0 Å². The fourth-order valence-electron chi connectivity index (χ4n) is 1.91. The van der Waals surface area contributed by atoms with Crippen LogP contribution in [-0.2, 0) is 6.42 Å². The van der Waals surface area contributed by atoms with Crippen LogP contribution in [0.4, 0.5) is 5.69 Å². The molecule has 20 heavy (non-hydrogen) atoms. The van der Waals surface area contributed by atoms with Gasteiger partial charge in [-0.2, -0.15) is 0 Å². The maximum absolute atomic E-state index is 11.6. The van der Waals surface area contributed by atoms with Crippen LogP contribution in [0.3, 0.4) is 0 Å². The second-order valence-electron chi connectivity index (χ2n) is 4.99. The fourth-order valence-corrected chi connectivity index (χ4v) is 1.91. The lowest BCUT2D eigenvalue weighted by atomic mass is 10.1. The van der Waals surface area contributed by atoms with E-state index >= 15 is 0 Å². The third-order valence-electron chi connectivity index (χ3n) is 2.76. The lowest BCUT2D eigenvalue weighted by Gasteiger charge is -2.06. The molecule has 1 heterocycles. The van der Waals surface area contributed by atoms with Gasteiger partial charge in [0.1, 0.15) is 5.82 Å². The SMILES string of the molecule is CC(C)Cc1cc(=O)[nH]c(-c2ccc([N+](=O)[O-])cc2)n1. The lowest BCUT2D eigenvalue weighted by Crippen LogP contribution is -2.11. The summed E-state index contributed by atoms with van der Waals surface area (Å²) in [5.41, 5.74) is 1.16. The van der Waals surface area contributed by atoms with Gasteiger partial charge >= 0.3 is 0 Å². The Bertz CT molecular complexity index is 675. The van der Waals surface area contributed by atoms with Gasteiger partial charge in [-0.25, -0.2) is 4.98 Å². The maximum atomic E-state index is 11.6. The molecule has 0 saturated carbocycles. The Morgan fingerprint density at radius 1 is 1.30 bits per heavy atom. The molecule has 0 atom stereocenters. The number of nitro groups is 1. The highest BCUT2D eigenvalue weighted by Gasteiger charge is 2.08. The number of rotatable bonds is 4. The number of benzene rings is 1. The Morgan fingerprint density at radius 3 is 2.50 bits per heavy atom. The number of nitro benzene ring substituents is 1. The molecule has 1 aromatic carbocycles. The summed E-state index contributed by atoms with van der Waals surface area (Å²) in [7, 11) is 0. The summed E-state index contributed by atoms with van der Waals surface area (Å²) in [4.78, 5) is 28.8. The minimum Gasteiger partial charge on any atom is -0.307 e. The summed E-state index contributed by atoms with van der Waals surface area (Å²) in [6.45, 7) is 4.10. The van der Waals surface area contributed by atoms with E-state index in [4.69, 9.17) is 0 Å². The molecule has 104 valence electrons. The molecule has 6 heteroatoms. The standard InChI is InChI=1S/C14H15N3O3/c1-9(2)7-11-8-13(18)16-14(15-11)10-3-5-12(6-4-10)17(19)20/h3-6,8-9H,7H2,1-2H3,(H,15,16,18). The number of nitrogens with zero attached hydrogens (tertiary/aromatic N) is 2. The smallest absolute Gasteiger partial charge is 0.269 e. The monoisotopic (exact) mass is 273 g/mol. The first kappa shape index (κ1) is 13.9.